The van der Waals surface area contributed by atoms with Crippen molar-refractivity contribution in [3.8, 4) is 11.4 Å². The number of nitrogen functional groups attached to an aromatic ring is 1. The molecule has 2 aromatic rings. The number of hydrogen-bond acceptors (Lipinski definition) is 5. The van der Waals surface area contributed by atoms with E-state index in [9.17, 15) is 0 Å². The standard InChI is InChI=1S/C6H7N5O/c1-11-3-4(2-8-11)5-9-6(7)12-10-5/h2-3H,1H3,(H2,7,9,10). The zero-order valence-electron chi connectivity index (χ0n) is 6.43. The highest BCUT2D eigenvalue weighted by Crippen LogP contribution is 2.14. The summed E-state index contributed by atoms with van der Waals surface area (Å²) in [4.78, 5) is 3.84. The lowest BCUT2D eigenvalue weighted by Gasteiger charge is -1.82. The van der Waals surface area contributed by atoms with Gasteiger partial charge in [-0.1, -0.05) is 5.16 Å². The average Bonchev–Trinajstić information content (AvgIpc) is 2.58. The van der Waals surface area contributed by atoms with Gasteiger partial charge in [-0.15, -0.1) is 0 Å². The van der Waals surface area contributed by atoms with Gasteiger partial charge in [0, 0.05) is 13.2 Å². The molecule has 0 aliphatic rings. The van der Waals surface area contributed by atoms with E-state index in [-0.39, 0.29) is 6.01 Å². The first-order chi connectivity index (χ1) is 5.75. The van der Waals surface area contributed by atoms with Crippen LogP contribution in [0.1, 0.15) is 0 Å². The Bertz CT molecular complexity index is 352. The molecule has 6 heteroatoms. The van der Waals surface area contributed by atoms with Gasteiger partial charge in [0.1, 0.15) is 0 Å². The Morgan fingerprint density at radius 3 is 2.92 bits per heavy atom. The molecule has 6 nitrogen and oxygen atoms in total. The van der Waals surface area contributed by atoms with Crippen molar-refractivity contribution in [3.63, 3.8) is 0 Å². The van der Waals surface area contributed by atoms with Crippen molar-refractivity contribution in [2.45, 2.75) is 0 Å². The summed E-state index contributed by atoms with van der Waals surface area (Å²) in [5.41, 5.74) is 6.05. The van der Waals surface area contributed by atoms with E-state index in [1.165, 1.54) is 0 Å². The summed E-state index contributed by atoms with van der Waals surface area (Å²) in [5.74, 6) is 0.459. The van der Waals surface area contributed by atoms with Gasteiger partial charge < -0.3 is 10.3 Å². The lowest BCUT2D eigenvalue weighted by atomic mass is 10.3. The first-order valence-corrected chi connectivity index (χ1v) is 3.34. The van der Waals surface area contributed by atoms with Crippen LogP contribution in [0.25, 0.3) is 11.4 Å². The molecular formula is C6H7N5O. The van der Waals surface area contributed by atoms with Crippen LogP contribution in [0.4, 0.5) is 6.01 Å². The van der Waals surface area contributed by atoms with Gasteiger partial charge in [-0.2, -0.15) is 10.1 Å². The molecule has 0 spiro atoms. The quantitative estimate of drug-likeness (QED) is 0.645. The van der Waals surface area contributed by atoms with Crippen LogP contribution >= 0.6 is 0 Å². The molecule has 2 rings (SSSR count). The predicted molar refractivity (Wildman–Crippen MR) is 40.9 cm³/mol. The number of anilines is 1. The minimum atomic E-state index is 0.0638. The maximum Gasteiger partial charge on any atom is 0.319 e. The molecule has 0 aliphatic heterocycles. The van der Waals surface area contributed by atoms with Crippen LogP contribution in [0, 0.1) is 0 Å². The van der Waals surface area contributed by atoms with E-state index >= 15 is 0 Å². The number of hydrogen-bond donors (Lipinski definition) is 1. The van der Waals surface area contributed by atoms with Gasteiger partial charge in [0.05, 0.1) is 11.8 Å². The van der Waals surface area contributed by atoms with Crippen molar-refractivity contribution < 1.29 is 4.52 Å². The Hall–Kier alpha value is -1.85. The second-order valence-electron chi connectivity index (χ2n) is 2.36. The molecule has 0 bridgehead atoms. The predicted octanol–water partition coefficient (Wildman–Crippen LogP) is 0.0523. The molecule has 2 aromatic heterocycles. The maximum atomic E-state index is 5.26. The van der Waals surface area contributed by atoms with E-state index in [1.807, 2.05) is 7.05 Å². The smallest absolute Gasteiger partial charge is 0.319 e. The lowest BCUT2D eigenvalue weighted by Crippen LogP contribution is -1.84. The van der Waals surface area contributed by atoms with Crippen molar-refractivity contribution in [1.29, 1.82) is 0 Å². The normalized spacial score (nSPS) is 10.4. The van der Waals surface area contributed by atoms with Gasteiger partial charge in [-0.05, 0) is 0 Å². The second kappa shape index (κ2) is 2.33. The highest BCUT2D eigenvalue weighted by atomic mass is 16.5. The van der Waals surface area contributed by atoms with Gasteiger partial charge >= 0.3 is 6.01 Å². The molecule has 62 valence electrons. The monoisotopic (exact) mass is 165 g/mol. The largest absolute Gasteiger partial charge is 0.351 e. The topological polar surface area (TPSA) is 82.8 Å². The van der Waals surface area contributed by atoms with Gasteiger partial charge in [0.25, 0.3) is 0 Å². The summed E-state index contributed by atoms with van der Waals surface area (Å²) in [6, 6.07) is 0.0638. The summed E-state index contributed by atoms with van der Waals surface area (Å²) >= 11 is 0. The molecule has 0 aliphatic carbocycles. The first-order valence-electron chi connectivity index (χ1n) is 3.34. The molecule has 0 amide bonds. The third-order valence-electron chi connectivity index (χ3n) is 1.40. The minimum Gasteiger partial charge on any atom is -0.351 e. The van der Waals surface area contributed by atoms with Gasteiger partial charge in [-0.25, -0.2) is 0 Å². The van der Waals surface area contributed by atoms with Crippen LogP contribution in [0.5, 0.6) is 0 Å². The van der Waals surface area contributed by atoms with E-state index in [0.29, 0.717) is 5.82 Å². The highest BCUT2D eigenvalue weighted by Gasteiger charge is 2.06. The molecule has 0 unspecified atom stereocenters. The molecule has 2 heterocycles. The fourth-order valence-corrected chi connectivity index (χ4v) is 0.889. The Morgan fingerprint density at radius 2 is 2.42 bits per heavy atom. The molecule has 0 atom stereocenters. The summed E-state index contributed by atoms with van der Waals surface area (Å²) in [5, 5.41) is 7.59. The van der Waals surface area contributed by atoms with E-state index in [2.05, 4.69) is 19.8 Å². The molecular weight excluding hydrogens is 158 g/mol. The number of rotatable bonds is 1. The van der Waals surface area contributed by atoms with E-state index < -0.39 is 0 Å². The van der Waals surface area contributed by atoms with Crippen LogP contribution in [0.3, 0.4) is 0 Å². The first kappa shape index (κ1) is 6.84. The average molecular weight is 165 g/mol. The van der Waals surface area contributed by atoms with Crippen LogP contribution in [-0.4, -0.2) is 19.9 Å². The van der Waals surface area contributed by atoms with E-state index in [1.54, 1.807) is 17.1 Å². The van der Waals surface area contributed by atoms with Crippen LogP contribution in [0.2, 0.25) is 0 Å². The lowest BCUT2D eigenvalue weighted by molar-refractivity contribution is 0.437. The van der Waals surface area contributed by atoms with Crippen molar-refractivity contribution in [2.24, 2.45) is 7.05 Å². The fraction of sp³-hybridized carbons (Fsp3) is 0.167. The fourth-order valence-electron chi connectivity index (χ4n) is 0.889. The highest BCUT2D eigenvalue weighted by molar-refractivity contribution is 5.52. The van der Waals surface area contributed by atoms with Crippen LogP contribution in [0.15, 0.2) is 16.9 Å². The Morgan fingerprint density at radius 1 is 1.58 bits per heavy atom. The molecule has 2 N–H and O–H groups in total. The third kappa shape index (κ3) is 1.03. The number of aromatic nitrogens is 4. The second-order valence-corrected chi connectivity index (χ2v) is 2.36. The molecule has 0 radical (unpaired) electrons. The number of nitrogens with two attached hydrogens (primary N) is 1. The third-order valence-corrected chi connectivity index (χ3v) is 1.40. The Balaban J connectivity index is 2.43. The molecule has 0 saturated heterocycles. The molecule has 0 saturated carbocycles. The summed E-state index contributed by atoms with van der Waals surface area (Å²) in [6.07, 6.45) is 3.43. The minimum absolute atomic E-state index is 0.0638. The van der Waals surface area contributed by atoms with Crippen molar-refractivity contribution in [2.75, 3.05) is 5.73 Å². The SMILES string of the molecule is Cn1cc(-c2noc(N)n2)cn1. The molecule has 0 aromatic carbocycles. The van der Waals surface area contributed by atoms with Crippen LogP contribution in [-0.2, 0) is 7.05 Å². The summed E-state index contributed by atoms with van der Waals surface area (Å²) in [7, 11) is 1.81. The van der Waals surface area contributed by atoms with E-state index in [4.69, 9.17) is 5.73 Å². The Labute approximate surface area is 68.0 Å². The van der Waals surface area contributed by atoms with E-state index in [0.717, 1.165) is 5.56 Å². The zero-order chi connectivity index (χ0) is 8.55. The molecule has 0 fully saturated rings. The summed E-state index contributed by atoms with van der Waals surface area (Å²) in [6.45, 7) is 0. The van der Waals surface area contributed by atoms with Crippen molar-refractivity contribution in [1.82, 2.24) is 19.9 Å². The summed E-state index contributed by atoms with van der Waals surface area (Å²) < 4.78 is 6.26. The van der Waals surface area contributed by atoms with Gasteiger partial charge in [0.2, 0.25) is 5.82 Å². The van der Waals surface area contributed by atoms with Crippen molar-refractivity contribution >= 4 is 6.01 Å². The van der Waals surface area contributed by atoms with Crippen LogP contribution < -0.4 is 5.73 Å². The van der Waals surface area contributed by atoms with Crippen molar-refractivity contribution in [3.05, 3.63) is 12.4 Å². The number of nitrogens with zero attached hydrogens (tertiary/aromatic N) is 4. The molecule has 12 heavy (non-hydrogen) atoms. The number of aryl methyl sites for hydroxylation is 1. The van der Waals surface area contributed by atoms with Gasteiger partial charge in [-0.3, -0.25) is 4.68 Å². The maximum absolute atomic E-state index is 5.26. The van der Waals surface area contributed by atoms with Gasteiger partial charge in [0.15, 0.2) is 0 Å². The Kier molecular flexibility index (Phi) is 1.33. The zero-order valence-corrected chi connectivity index (χ0v) is 6.43.